The van der Waals surface area contributed by atoms with Crippen LogP contribution < -0.4 is 0 Å². The molecule has 5 aliphatic carbocycles. The van der Waals surface area contributed by atoms with E-state index in [2.05, 4.69) is 26.8 Å². The zero-order valence-electron chi connectivity index (χ0n) is 26.1. The number of hydrogen-bond acceptors (Lipinski definition) is 7. The lowest BCUT2D eigenvalue weighted by Gasteiger charge is -2.60. The number of hydrogen-bond donors (Lipinski definition) is 0. The lowest BCUT2D eigenvalue weighted by Crippen LogP contribution is -2.55. The van der Waals surface area contributed by atoms with E-state index in [0.29, 0.717) is 18.3 Å². The summed E-state index contributed by atoms with van der Waals surface area (Å²) < 4.78 is 11.1. The van der Waals surface area contributed by atoms with Crippen molar-refractivity contribution in [1.82, 2.24) is 0 Å². The zero-order valence-corrected chi connectivity index (χ0v) is 26.1. The Morgan fingerprint density at radius 3 is 2.29 bits per heavy atom. The minimum Gasteiger partial charge on any atom is -0.466 e. The molecule has 0 aromatic carbocycles. The largest absolute Gasteiger partial charge is 0.466 e. The minimum atomic E-state index is -0.604. The van der Waals surface area contributed by atoms with Gasteiger partial charge in [0.15, 0.2) is 5.78 Å². The second-order valence-corrected chi connectivity index (χ2v) is 14.9. The van der Waals surface area contributed by atoms with E-state index in [-0.39, 0.29) is 57.8 Å². The molecular formula is C34H48O7. The summed E-state index contributed by atoms with van der Waals surface area (Å²) >= 11 is 0. The van der Waals surface area contributed by atoms with E-state index < -0.39 is 35.5 Å². The van der Waals surface area contributed by atoms with Crippen LogP contribution in [0.2, 0.25) is 0 Å². The van der Waals surface area contributed by atoms with Crippen LogP contribution in [-0.4, -0.2) is 42.0 Å². The summed E-state index contributed by atoms with van der Waals surface area (Å²) in [6, 6.07) is 0. The van der Waals surface area contributed by atoms with Crippen LogP contribution in [-0.2, 0) is 33.4 Å². The number of rotatable bonds is 8. The first-order valence-electron chi connectivity index (χ1n) is 15.7. The molecule has 0 aromatic heterocycles. The zero-order chi connectivity index (χ0) is 30.3. The molecule has 226 valence electrons. The molecule has 7 heteroatoms. The maximum atomic E-state index is 13.8. The van der Waals surface area contributed by atoms with Gasteiger partial charge in [0.25, 0.3) is 0 Å². The van der Waals surface area contributed by atoms with Crippen molar-refractivity contribution in [2.75, 3.05) is 6.61 Å². The van der Waals surface area contributed by atoms with Crippen LogP contribution in [0.3, 0.4) is 0 Å². The van der Waals surface area contributed by atoms with Gasteiger partial charge in [-0.05, 0) is 78.1 Å². The first-order chi connectivity index (χ1) is 19.1. The number of fused-ring (bicyclic) bond motifs is 2. The molecule has 4 fully saturated rings. The van der Waals surface area contributed by atoms with Gasteiger partial charge in [0.05, 0.1) is 6.61 Å². The number of Topliss-reactive ketones (excluding diaryl/α,β-unsaturated/α-hetero) is 2. The molecule has 0 heterocycles. The molecule has 0 amide bonds. The maximum absolute atomic E-state index is 13.8. The monoisotopic (exact) mass is 568 g/mol. The summed E-state index contributed by atoms with van der Waals surface area (Å²) in [4.78, 5) is 63.5. The fourth-order valence-electron chi connectivity index (χ4n) is 10.9. The molecule has 4 saturated carbocycles. The van der Waals surface area contributed by atoms with Crippen molar-refractivity contribution >= 4 is 29.3 Å². The van der Waals surface area contributed by atoms with E-state index in [4.69, 9.17) is 9.47 Å². The maximum Gasteiger partial charge on any atom is 0.302 e. The second kappa shape index (κ2) is 9.87. The minimum absolute atomic E-state index is 0.0560. The molecule has 0 N–H and O–H groups in total. The van der Waals surface area contributed by atoms with Gasteiger partial charge in [0.2, 0.25) is 11.6 Å². The summed E-state index contributed by atoms with van der Waals surface area (Å²) in [7, 11) is 0. The number of esters is 2. The molecule has 2 spiro atoms. The summed E-state index contributed by atoms with van der Waals surface area (Å²) in [5.74, 6) is -2.29. The van der Waals surface area contributed by atoms with Crippen LogP contribution in [0.1, 0.15) is 93.9 Å². The Labute approximate surface area is 244 Å². The van der Waals surface area contributed by atoms with Crippen molar-refractivity contribution in [3.05, 3.63) is 12.2 Å². The van der Waals surface area contributed by atoms with Crippen molar-refractivity contribution in [3.8, 4) is 0 Å². The Bertz CT molecular complexity index is 1200. The summed E-state index contributed by atoms with van der Waals surface area (Å²) in [6.45, 7) is 15.0. The Kier molecular flexibility index (Phi) is 7.26. The van der Waals surface area contributed by atoms with Gasteiger partial charge >= 0.3 is 11.9 Å². The topological polar surface area (TPSA) is 104 Å². The number of carbonyl (C=O) groups is 5. The predicted octanol–water partition coefficient (Wildman–Crippen LogP) is 5.53. The lowest BCUT2D eigenvalue weighted by atomic mass is 9.43. The molecule has 41 heavy (non-hydrogen) atoms. The SMILES string of the molecule is CC(=O)OCC(C)C(C)C(=O)C(=O)C(C)C1C(OC(C)=O)CC2(C)C3CCC4C(C)C(=O)C=CC45CC35CCC12C. The molecule has 0 bridgehead atoms. The van der Waals surface area contributed by atoms with Crippen molar-refractivity contribution in [1.29, 1.82) is 0 Å². The molecule has 12 unspecified atom stereocenters. The quantitative estimate of drug-likeness (QED) is 0.280. The third kappa shape index (κ3) is 4.14. The molecule has 0 aliphatic heterocycles. The Hall–Kier alpha value is -2.31. The van der Waals surface area contributed by atoms with E-state index >= 15 is 0 Å². The molecule has 12 atom stereocenters. The predicted molar refractivity (Wildman–Crippen MR) is 152 cm³/mol. The number of allylic oxidation sites excluding steroid dienone is 2. The highest BCUT2D eigenvalue weighted by Gasteiger charge is 2.81. The van der Waals surface area contributed by atoms with Gasteiger partial charge in [-0.25, -0.2) is 0 Å². The van der Waals surface area contributed by atoms with Crippen molar-refractivity contribution in [2.45, 2.75) is 100 Å². The fraction of sp³-hybridized carbons (Fsp3) is 0.794. The van der Waals surface area contributed by atoms with Gasteiger partial charge < -0.3 is 9.47 Å². The number of ether oxygens (including phenoxy) is 2. The van der Waals surface area contributed by atoms with Gasteiger partial charge in [-0.1, -0.05) is 47.6 Å². The van der Waals surface area contributed by atoms with Crippen molar-refractivity contribution in [3.63, 3.8) is 0 Å². The number of carbonyl (C=O) groups excluding carboxylic acids is 5. The molecule has 0 aromatic rings. The Morgan fingerprint density at radius 1 is 0.976 bits per heavy atom. The average molecular weight is 569 g/mol. The molecular weight excluding hydrogens is 520 g/mol. The normalized spacial score (nSPS) is 44.3. The second-order valence-electron chi connectivity index (χ2n) is 14.9. The van der Waals surface area contributed by atoms with Crippen LogP contribution in [0, 0.1) is 63.1 Å². The summed E-state index contributed by atoms with van der Waals surface area (Å²) in [6.07, 6.45) is 9.43. The first kappa shape index (κ1) is 30.2. The highest BCUT2D eigenvalue weighted by molar-refractivity contribution is 6.38. The average Bonchev–Trinajstić information content (AvgIpc) is 3.52. The third-order valence-corrected chi connectivity index (χ3v) is 13.4. The van der Waals surface area contributed by atoms with Crippen LogP contribution >= 0.6 is 0 Å². The van der Waals surface area contributed by atoms with Crippen molar-refractivity contribution in [2.24, 2.45) is 63.1 Å². The number of ketones is 3. The molecule has 7 nitrogen and oxygen atoms in total. The van der Waals surface area contributed by atoms with E-state index in [9.17, 15) is 24.0 Å². The van der Waals surface area contributed by atoms with Crippen LogP contribution in [0.4, 0.5) is 0 Å². The van der Waals surface area contributed by atoms with Gasteiger partial charge in [-0.15, -0.1) is 0 Å². The Morgan fingerprint density at radius 2 is 1.66 bits per heavy atom. The Balaban J connectivity index is 1.45. The van der Waals surface area contributed by atoms with E-state index in [1.165, 1.54) is 13.8 Å². The molecule has 0 saturated heterocycles. The van der Waals surface area contributed by atoms with E-state index in [1.54, 1.807) is 6.92 Å². The molecule has 0 radical (unpaired) electrons. The molecule has 5 rings (SSSR count). The third-order valence-electron chi connectivity index (χ3n) is 13.4. The summed E-state index contributed by atoms with van der Waals surface area (Å²) in [5, 5.41) is 0. The molecule has 5 aliphatic rings. The van der Waals surface area contributed by atoms with Crippen LogP contribution in [0.25, 0.3) is 0 Å². The first-order valence-corrected chi connectivity index (χ1v) is 15.7. The van der Waals surface area contributed by atoms with Crippen LogP contribution in [0.15, 0.2) is 12.2 Å². The van der Waals surface area contributed by atoms with Crippen LogP contribution in [0.5, 0.6) is 0 Å². The van der Waals surface area contributed by atoms with Gasteiger partial charge in [0, 0.05) is 43.4 Å². The lowest BCUT2D eigenvalue weighted by molar-refractivity contribution is -0.156. The van der Waals surface area contributed by atoms with Gasteiger partial charge in [-0.2, -0.15) is 0 Å². The standard InChI is InChI=1S/C34H48O7/c1-18(16-40-22(5)35)19(2)29(38)30(39)21(4)28-26(41-23(6)36)15-32(8)27-10-9-24-20(3)25(37)11-12-33(24)17-34(27,33)14-13-31(28,32)7/h11-12,18-21,24,26-28H,9-10,13-17H2,1-8H3. The van der Waals surface area contributed by atoms with Gasteiger partial charge in [-0.3, -0.25) is 24.0 Å². The van der Waals surface area contributed by atoms with Gasteiger partial charge in [0.1, 0.15) is 6.10 Å². The highest BCUT2D eigenvalue weighted by atomic mass is 16.5. The van der Waals surface area contributed by atoms with Crippen molar-refractivity contribution < 1.29 is 33.4 Å². The fourth-order valence-corrected chi connectivity index (χ4v) is 10.9. The smallest absolute Gasteiger partial charge is 0.302 e. The van der Waals surface area contributed by atoms with E-state index in [0.717, 1.165) is 32.1 Å². The van der Waals surface area contributed by atoms with E-state index in [1.807, 2.05) is 19.9 Å². The highest BCUT2D eigenvalue weighted by Crippen LogP contribution is 2.87. The summed E-state index contributed by atoms with van der Waals surface area (Å²) in [5.41, 5.74) is -0.237.